The van der Waals surface area contributed by atoms with E-state index in [1.807, 2.05) is 12.1 Å². The standard InChI is InChI=1S/C13H9FN2OS/c14-8-1-4-10(5-2-8)17-13-16-11-6-3-9(15)7-12(11)18-13/h1-7H,15H2. The Labute approximate surface area is 107 Å². The van der Waals surface area contributed by atoms with Gasteiger partial charge in [-0.15, -0.1) is 0 Å². The summed E-state index contributed by atoms with van der Waals surface area (Å²) in [5, 5.41) is 0.516. The van der Waals surface area contributed by atoms with Gasteiger partial charge < -0.3 is 10.5 Å². The molecule has 0 saturated carbocycles. The van der Waals surface area contributed by atoms with Crippen LogP contribution in [0.2, 0.25) is 0 Å². The van der Waals surface area contributed by atoms with Crippen LogP contribution in [0.4, 0.5) is 10.1 Å². The smallest absolute Gasteiger partial charge is 0.279 e. The number of hydrogen-bond acceptors (Lipinski definition) is 4. The van der Waals surface area contributed by atoms with Crippen molar-refractivity contribution < 1.29 is 9.13 Å². The zero-order chi connectivity index (χ0) is 12.5. The Balaban J connectivity index is 1.92. The minimum absolute atomic E-state index is 0.292. The number of rotatable bonds is 2. The van der Waals surface area contributed by atoms with Crippen LogP contribution in [0.1, 0.15) is 0 Å². The van der Waals surface area contributed by atoms with E-state index in [9.17, 15) is 4.39 Å². The van der Waals surface area contributed by atoms with Crippen molar-refractivity contribution in [3.63, 3.8) is 0 Å². The van der Waals surface area contributed by atoms with Gasteiger partial charge in [-0.05, 0) is 42.5 Å². The van der Waals surface area contributed by atoms with Crippen molar-refractivity contribution in [2.24, 2.45) is 0 Å². The first-order valence-electron chi connectivity index (χ1n) is 5.30. The molecule has 0 aliphatic carbocycles. The van der Waals surface area contributed by atoms with Crippen LogP contribution >= 0.6 is 11.3 Å². The highest BCUT2D eigenvalue weighted by Crippen LogP contribution is 2.32. The van der Waals surface area contributed by atoms with Gasteiger partial charge >= 0.3 is 0 Å². The third kappa shape index (κ3) is 2.12. The first kappa shape index (κ1) is 11.0. The van der Waals surface area contributed by atoms with Gasteiger partial charge in [-0.1, -0.05) is 11.3 Å². The van der Waals surface area contributed by atoms with Crippen molar-refractivity contribution in [2.45, 2.75) is 0 Å². The Hall–Kier alpha value is -2.14. The quantitative estimate of drug-likeness (QED) is 0.713. The third-order valence-electron chi connectivity index (χ3n) is 2.41. The van der Waals surface area contributed by atoms with Gasteiger partial charge in [0.15, 0.2) is 0 Å². The summed E-state index contributed by atoms with van der Waals surface area (Å²) < 4.78 is 19.3. The van der Waals surface area contributed by atoms with Crippen molar-refractivity contribution in [3.8, 4) is 10.9 Å². The average Bonchev–Trinajstić information content (AvgIpc) is 2.73. The van der Waals surface area contributed by atoms with E-state index in [1.54, 1.807) is 18.2 Å². The summed E-state index contributed by atoms with van der Waals surface area (Å²) in [6, 6.07) is 11.3. The summed E-state index contributed by atoms with van der Waals surface area (Å²) in [5.41, 5.74) is 7.23. The van der Waals surface area contributed by atoms with Gasteiger partial charge in [0.2, 0.25) is 0 Å². The first-order chi connectivity index (χ1) is 8.70. The van der Waals surface area contributed by atoms with Crippen LogP contribution in [-0.2, 0) is 0 Å². The molecule has 0 atom stereocenters. The molecule has 5 heteroatoms. The summed E-state index contributed by atoms with van der Waals surface area (Å²) in [5.74, 6) is 0.267. The van der Waals surface area contributed by atoms with Crippen LogP contribution < -0.4 is 10.5 Å². The lowest BCUT2D eigenvalue weighted by molar-refractivity contribution is 0.478. The van der Waals surface area contributed by atoms with Crippen LogP contribution in [0.25, 0.3) is 10.2 Å². The average molecular weight is 260 g/mol. The molecule has 1 aromatic heterocycles. The molecule has 0 amide bonds. The Morgan fingerprint density at radius 1 is 1.11 bits per heavy atom. The molecule has 0 fully saturated rings. The predicted octanol–water partition coefficient (Wildman–Crippen LogP) is 3.81. The Bertz CT molecular complexity index is 694. The number of nitrogens with two attached hydrogens (primary N) is 1. The molecule has 0 unspecified atom stereocenters. The molecule has 3 rings (SSSR count). The van der Waals surface area contributed by atoms with Crippen molar-refractivity contribution in [3.05, 3.63) is 48.3 Å². The SMILES string of the molecule is Nc1ccc2nc(Oc3ccc(F)cc3)sc2c1. The number of nitrogen functional groups attached to an aromatic ring is 1. The fourth-order valence-corrected chi connectivity index (χ4v) is 2.45. The lowest BCUT2D eigenvalue weighted by Gasteiger charge is -1.99. The zero-order valence-electron chi connectivity index (χ0n) is 9.26. The highest BCUT2D eigenvalue weighted by atomic mass is 32.1. The number of nitrogens with zero attached hydrogens (tertiary/aromatic N) is 1. The molecule has 0 aliphatic heterocycles. The number of halogens is 1. The Morgan fingerprint density at radius 2 is 1.89 bits per heavy atom. The number of thiazole rings is 1. The Kier molecular flexibility index (Phi) is 2.60. The Morgan fingerprint density at radius 3 is 2.67 bits per heavy atom. The van der Waals surface area contributed by atoms with Crippen molar-refractivity contribution >= 4 is 27.2 Å². The van der Waals surface area contributed by atoms with Gasteiger partial charge in [0, 0.05) is 5.69 Å². The lowest BCUT2D eigenvalue weighted by Crippen LogP contribution is -1.83. The highest BCUT2D eigenvalue weighted by Gasteiger charge is 2.06. The van der Waals surface area contributed by atoms with E-state index in [2.05, 4.69) is 4.98 Å². The maximum Gasteiger partial charge on any atom is 0.279 e. The van der Waals surface area contributed by atoms with Gasteiger partial charge in [-0.2, -0.15) is 0 Å². The monoisotopic (exact) mass is 260 g/mol. The molecule has 1 heterocycles. The number of hydrogen-bond donors (Lipinski definition) is 1. The summed E-state index contributed by atoms with van der Waals surface area (Å²) in [7, 11) is 0. The molecule has 2 aromatic carbocycles. The normalized spacial score (nSPS) is 10.7. The molecule has 2 N–H and O–H groups in total. The molecule has 0 bridgehead atoms. The van der Waals surface area contributed by atoms with Gasteiger partial charge in [-0.3, -0.25) is 0 Å². The number of ether oxygens (including phenoxy) is 1. The van der Waals surface area contributed by atoms with E-state index in [0.29, 0.717) is 16.6 Å². The van der Waals surface area contributed by atoms with Crippen LogP contribution in [0, 0.1) is 5.82 Å². The van der Waals surface area contributed by atoms with Gasteiger partial charge in [0.1, 0.15) is 11.6 Å². The summed E-state index contributed by atoms with van der Waals surface area (Å²) in [6.45, 7) is 0. The summed E-state index contributed by atoms with van der Waals surface area (Å²) >= 11 is 1.40. The number of aromatic nitrogens is 1. The summed E-state index contributed by atoms with van der Waals surface area (Å²) in [4.78, 5) is 4.32. The molecule has 0 spiro atoms. The van der Waals surface area contributed by atoms with Gasteiger partial charge in [-0.25, -0.2) is 9.37 Å². The molecule has 3 aromatic rings. The van der Waals surface area contributed by atoms with Crippen LogP contribution in [-0.4, -0.2) is 4.98 Å². The minimum atomic E-state index is -0.292. The maximum atomic E-state index is 12.8. The maximum absolute atomic E-state index is 12.8. The van der Waals surface area contributed by atoms with Crippen LogP contribution in [0.5, 0.6) is 10.9 Å². The molecule has 90 valence electrons. The fourth-order valence-electron chi connectivity index (χ4n) is 1.57. The predicted molar refractivity (Wildman–Crippen MR) is 70.5 cm³/mol. The van der Waals surface area contributed by atoms with Crippen molar-refractivity contribution in [2.75, 3.05) is 5.73 Å². The largest absolute Gasteiger partial charge is 0.431 e. The summed E-state index contributed by atoms with van der Waals surface area (Å²) in [6.07, 6.45) is 0. The molecule has 3 nitrogen and oxygen atoms in total. The second kappa shape index (κ2) is 4.27. The van der Waals surface area contributed by atoms with E-state index >= 15 is 0 Å². The van der Waals surface area contributed by atoms with E-state index in [-0.39, 0.29) is 5.82 Å². The van der Waals surface area contributed by atoms with E-state index in [1.165, 1.54) is 23.5 Å². The van der Waals surface area contributed by atoms with Crippen molar-refractivity contribution in [1.29, 1.82) is 0 Å². The molecule has 0 aliphatic rings. The molecule has 0 saturated heterocycles. The van der Waals surface area contributed by atoms with Crippen LogP contribution in [0.15, 0.2) is 42.5 Å². The van der Waals surface area contributed by atoms with Gasteiger partial charge in [0.25, 0.3) is 5.19 Å². The van der Waals surface area contributed by atoms with Crippen molar-refractivity contribution in [1.82, 2.24) is 4.98 Å². The number of benzene rings is 2. The second-order valence-corrected chi connectivity index (χ2v) is 4.76. The molecular formula is C13H9FN2OS. The highest BCUT2D eigenvalue weighted by molar-refractivity contribution is 7.20. The van der Waals surface area contributed by atoms with Crippen LogP contribution in [0.3, 0.4) is 0 Å². The second-order valence-electron chi connectivity index (χ2n) is 3.76. The van der Waals surface area contributed by atoms with E-state index < -0.39 is 0 Å². The zero-order valence-corrected chi connectivity index (χ0v) is 10.1. The van der Waals surface area contributed by atoms with Gasteiger partial charge in [0.05, 0.1) is 10.2 Å². The number of anilines is 1. The fraction of sp³-hybridized carbons (Fsp3) is 0. The third-order valence-corrected chi connectivity index (χ3v) is 3.31. The molecule has 0 radical (unpaired) electrons. The van der Waals surface area contributed by atoms with E-state index in [4.69, 9.17) is 10.5 Å². The molecule has 18 heavy (non-hydrogen) atoms. The minimum Gasteiger partial charge on any atom is -0.431 e. The lowest BCUT2D eigenvalue weighted by atomic mass is 10.3. The number of fused-ring (bicyclic) bond motifs is 1. The first-order valence-corrected chi connectivity index (χ1v) is 6.12. The molecular weight excluding hydrogens is 251 g/mol. The van der Waals surface area contributed by atoms with E-state index in [0.717, 1.165) is 10.2 Å². The topological polar surface area (TPSA) is 48.1 Å².